The third-order valence-corrected chi connectivity index (χ3v) is 3.53. The molecule has 1 saturated heterocycles. The Bertz CT molecular complexity index is 494. The smallest absolute Gasteiger partial charge is 0.236 e. The van der Waals surface area contributed by atoms with Gasteiger partial charge in [-0.1, -0.05) is 12.1 Å². The molecule has 1 aromatic rings. The van der Waals surface area contributed by atoms with E-state index in [1.807, 2.05) is 18.2 Å². The molecule has 1 heterocycles. The Morgan fingerprint density at radius 1 is 1.30 bits per heavy atom. The summed E-state index contributed by atoms with van der Waals surface area (Å²) < 4.78 is 5.92. The molecule has 0 bridgehead atoms. The molecule has 1 aliphatic heterocycles. The van der Waals surface area contributed by atoms with E-state index in [2.05, 4.69) is 0 Å². The van der Waals surface area contributed by atoms with Crippen LogP contribution in [0.5, 0.6) is 5.75 Å². The van der Waals surface area contributed by atoms with Crippen LogP contribution in [0.3, 0.4) is 0 Å². The maximum Gasteiger partial charge on any atom is 0.236 e. The van der Waals surface area contributed by atoms with Gasteiger partial charge in [0.25, 0.3) is 0 Å². The monoisotopic (exact) mass is 276 g/mol. The number of carbonyl (C=O) groups is 2. The SMILES string of the molecule is CC(=O)c1ccccc1OC1CCN(C(=O)CN)CC1. The molecule has 0 aliphatic carbocycles. The van der Waals surface area contributed by atoms with Crippen LogP contribution in [0.1, 0.15) is 30.1 Å². The van der Waals surface area contributed by atoms with Gasteiger partial charge in [-0.2, -0.15) is 0 Å². The first-order chi connectivity index (χ1) is 9.61. The fraction of sp³-hybridized carbons (Fsp3) is 0.467. The van der Waals surface area contributed by atoms with Gasteiger partial charge in [0.05, 0.1) is 12.1 Å². The number of nitrogens with zero attached hydrogens (tertiary/aromatic N) is 1. The van der Waals surface area contributed by atoms with E-state index >= 15 is 0 Å². The van der Waals surface area contributed by atoms with Gasteiger partial charge >= 0.3 is 0 Å². The van der Waals surface area contributed by atoms with Crippen molar-refractivity contribution in [2.75, 3.05) is 19.6 Å². The second-order valence-corrected chi connectivity index (χ2v) is 4.95. The molecule has 0 radical (unpaired) electrons. The highest BCUT2D eigenvalue weighted by Gasteiger charge is 2.23. The van der Waals surface area contributed by atoms with Gasteiger partial charge in [-0.05, 0) is 19.1 Å². The van der Waals surface area contributed by atoms with Crippen LogP contribution in [-0.2, 0) is 4.79 Å². The number of Topliss-reactive ketones (excluding diaryl/α,β-unsaturated/α-hetero) is 1. The number of benzene rings is 1. The van der Waals surface area contributed by atoms with E-state index < -0.39 is 0 Å². The molecule has 5 heteroatoms. The summed E-state index contributed by atoms with van der Waals surface area (Å²) in [4.78, 5) is 24.8. The molecule has 0 atom stereocenters. The fourth-order valence-electron chi connectivity index (χ4n) is 2.39. The summed E-state index contributed by atoms with van der Waals surface area (Å²) in [6.45, 7) is 2.90. The summed E-state index contributed by atoms with van der Waals surface area (Å²) >= 11 is 0. The molecular formula is C15H20N2O3. The third kappa shape index (κ3) is 3.36. The summed E-state index contributed by atoms with van der Waals surface area (Å²) in [6, 6.07) is 7.26. The first-order valence-electron chi connectivity index (χ1n) is 6.86. The van der Waals surface area contributed by atoms with E-state index in [4.69, 9.17) is 10.5 Å². The number of ketones is 1. The number of rotatable bonds is 4. The summed E-state index contributed by atoms with van der Waals surface area (Å²) in [5.74, 6) is 0.604. The lowest BCUT2D eigenvalue weighted by molar-refractivity contribution is -0.131. The third-order valence-electron chi connectivity index (χ3n) is 3.53. The van der Waals surface area contributed by atoms with E-state index in [-0.39, 0.29) is 24.3 Å². The van der Waals surface area contributed by atoms with Crippen molar-refractivity contribution in [1.82, 2.24) is 4.90 Å². The van der Waals surface area contributed by atoms with Crippen LogP contribution in [0.25, 0.3) is 0 Å². The quantitative estimate of drug-likeness (QED) is 0.839. The van der Waals surface area contributed by atoms with Crippen LogP contribution in [0, 0.1) is 0 Å². The molecule has 1 fully saturated rings. The molecule has 1 amide bonds. The zero-order chi connectivity index (χ0) is 14.5. The number of amides is 1. The van der Waals surface area contributed by atoms with Crippen LogP contribution in [0.2, 0.25) is 0 Å². The largest absolute Gasteiger partial charge is 0.490 e. The average molecular weight is 276 g/mol. The zero-order valence-corrected chi connectivity index (χ0v) is 11.7. The Labute approximate surface area is 118 Å². The number of para-hydroxylation sites is 1. The van der Waals surface area contributed by atoms with E-state index in [1.54, 1.807) is 11.0 Å². The number of hydrogen-bond acceptors (Lipinski definition) is 4. The molecule has 0 aromatic heterocycles. The summed E-state index contributed by atoms with van der Waals surface area (Å²) in [5.41, 5.74) is 5.96. The van der Waals surface area contributed by atoms with Gasteiger partial charge in [0.2, 0.25) is 5.91 Å². The minimum Gasteiger partial charge on any atom is -0.490 e. The van der Waals surface area contributed by atoms with Gasteiger partial charge < -0.3 is 15.4 Å². The number of likely N-dealkylation sites (tertiary alicyclic amines) is 1. The van der Waals surface area contributed by atoms with Crippen molar-refractivity contribution >= 4 is 11.7 Å². The number of ether oxygens (including phenoxy) is 1. The van der Waals surface area contributed by atoms with Gasteiger partial charge in [0.15, 0.2) is 5.78 Å². The predicted octanol–water partition coefficient (Wildman–Crippen LogP) is 1.22. The highest BCUT2D eigenvalue weighted by Crippen LogP contribution is 2.23. The van der Waals surface area contributed by atoms with Crippen molar-refractivity contribution in [2.45, 2.75) is 25.9 Å². The topological polar surface area (TPSA) is 72.6 Å². The van der Waals surface area contributed by atoms with Crippen molar-refractivity contribution in [3.63, 3.8) is 0 Å². The molecular weight excluding hydrogens is 256 g/mol. The minimum atomic E-state index is -0.0208. The molecule has 0 saturated carbocycles. The van der Waals surface area contributed by atoms with Crippen molar-refractivity contribution < 1.29 is 14.3 Å². The van der Waals surface area contributed by atoms with Crippen molar-refractivity contribution in [3.05, 3.63) is 29.8 Å². The highest BCUT2D eigenvalue weighted by molar-refractivity contribution is 5.96. The Morgan fingerprint density at radius 3 is 2.55 bits per heavy atom. The maximum atomic E-state index is 11.5. The molecule has 1 aromatic carbocycles. The van der Waals surface area contributed by atoms with E-state index in [9.17, 15) is 9.59 Å². The molecule has 5 nitrogen and oxygen atoms in total. The van der Waals surface area contributed by atoms with Crippen LogP contribution >= 0.6 is 0 Å². The summed E-state index contributed by atoms with van der Waals surface area (Å²) in [7, 11) is 0. The van der Waals surface area contributed by atoms with Crippen LogP contribution in [0.15, 0.2) is 24.3 Å². The van der Waals surface area contributed by atoms with Crippen LogP contribution in [0.4, 0.5) is 0 Å². The van der Waals surface area contributed by atoms with Gasteiger partial charge in [-0.25, -0.2) is 0 Å². The first-order valence-corrected chi connectivity index (χ1v) is 6.86. The van der Waals surface area contributed by atoms with Gasteiger partial charge in [0, 0.05) is 25.9 Å². The van der Waals surface area contributed by atoms with E-state index in [0.717, 1.165) is 12.8 Å². The standard InChI is InChI=1S/C15H20N2O3/c1-11(18)13-4-2-3-5-14(13)20-12-6-8-17(9-7-12)15(19)10-16/h2-5,12H,6-10,16H2,1H3. The fourth-order valence-corrected chi connectivity index (χ4v) is 2.39. The molecule has 1 aliphatic rings. The molecule has 108 valence electrons. The first kappa shape index (κ1) is 14.5. The Kier molecular flexibility index (Phi) is 4.74. The number of piperidine rings is 1. The number of carbonyl (C=O) groups excluding carboxylic acids is 2. The molecule has 0 spiro atoms. The second kappa shape index (κ2) is 6.52. The predicted molar refractivity (Wildman–Crippen MR) is 75.7 cm³/mol. The van der Waals surface area contributed by atoms with Crippen molar-refractivity contribution in [1.29, 1.82) is 0 Å². The van der Waals surface area contributed by atoms with Crippen molar-refractivity contribution in [2.24, 2.45) is 5.73 Å². The number of nitrogens with two attached hydrogens (primary N) is 1. The van der Waals surface area contributed by atoms with Crippen LogP contribution < -0.4 is 10.5 Å². The molecule has 2 N–H and O–H groups in total. The molecule has 2 rings (SSSR count). The summed E-state index contributed by atoms with van der Waals surface area (Å²) in [5, 5.41) is 0. The van der Waals surface area contributed by atoms with E-state index in [0.29, 0.717) is 24.4 Å². The Hall–Kier alpha value is -1.88. The zero-order valence-electron chi connectivity index (χ0n) is 11.7. The lowest BCUT2D eigenvalue weighted by Crippen LogP contribution is -2.44. The lowest BCUT2D eigenvalue weighted by atomic mass is 10.1. The maximum absolute atomic E-state index is 11.5. The van der Waals surface area contributed by atoms with Gasteiger partial charge in [-0.15, -0.1) is 0 Å². The molecule has 20 heavy (non-hydrogen) atoms. The minimum absolute atomic E-state index is 0.00338. The van der Waals surface area contributed by atoms with Crippen LogP contribution in [-0.4, -0.2) is 42.3 Å². The average Bonchev–Trinajstić information content (AvgIpc) is 2.47. The Morgan fingerprint density at radius 2 is 1.95 bits per heavy atom. The van der Waals surface area contributed by atoms with Gasteiger partial charge in [0.1, 0.15) is 11.9 Å². The molecule has 0 unspecified atom stereocenters. The van der Waals surface area contributed by atoms with Crippen molar-refractivity contribution in [3.8, 4) is 5.75 Å². The number of hydrogen-bond donors (Lipinski definition) is 1. The second-order valence-electron chi connectivity index (χ2n) is 4.95. The van der Waals surface area contributed by atoms with Gasteiger partial charge in [-0.3, -0.25) is 9.59 Å². The highest BCUT2D eigenvalue weighted by atomic mass is 16.5. The normalized spacial score (nSPS) is 16.0. The lowest BCUT2D eigenvalue weighted by Gasteiger charge is -2.32. The summed E-state index contributed by atoms with van der Waals surface area (Å²) in [6.07, 6.45) is 1.56. The Balaban J connectivity index is 1.96. The van der Waals surface area contributed by atoms with E-state index in [1.165, 1.54) is 6.92 Å².